The van der Waals surface area contributed by atoms with Gasteiger partial charge in [-0.3, -0.25) is 9.78 Å². The summed E-state index contributed by atoms with van der Waals surface area (Å²) in [4.78, 5) is 24.8. The zero-order valence-electron chi connectivity index (χ0n) is 13.6. The lowest BCUT2D eigenvalue weighted by molar-refractivity contribution is 0.0771. The highest BCUT2D eigenvalue weighted by Gasteiger charge is 2.28. The van der Waals surface area contributed by atoms with Crippen molar-refractivity contribution in [3.8, 4) is 5.88 Å². The van der Waals surface area contributed by atoms with Crippen molar-refractivity contribution in [1.82, 2.24) is 14.9 Å². The van der Waals surface area contributed by atoms with Gasteiger partial charge in [-0.1, -0.05) is 22.0 Å². The van der Waals surface area contributed by atoms with Gasteiger partial charge in [0.1, 0.15) is 6.10 Å². The average molecular weight is 391 g/mol. The Bertz CT molecular complexity index is 738. The summed E-state index contributed by atoms with van der Waals surface area (Å²) in [5.41, 5.74) is 0.680. The van der Waals surface area contributed by atoms with Gasteiger partial charge in [-0.2, -0.15) is 4.98 Å². The highest BCUT2D eigenvalue weighted by atomic mass is 79.9. The van der Waals surface area contributed by atoms with Crippen molar-refractivity contribution >= 4 is 27.7 Å². The van der Waals surface area contributed by atoms with E-state index in [0.717, 1.165) is 16.7 Å². The molecule has 126 valence electrons. The third-order valence-electron chi connectivity index (χ3n) is 3.85. The summed E-state index contributed by atoms with van der Waals surface area (Å²) in [5, 5.41) is 0. The van der Waals surface area contributed by atoms with E-state index in [9.17, 15) is 4.79 Å². The standard InChI is InChI=1S/C17H19BrN4O2/c1-21(2)15-9-19-10-16(20-15)24-14-6-7-22(11-14)17(23)12-4-3-5-13(18)8-12/h3-5,8-10,14H,6-7,11H2,1-2H3. The third-order valence-corrected chi connectivity index (χ3v) is 4.34. The van der Waals surface area contributed by atoms with Crippen molar-refractivity contribution in [3.63, 3.8) is 0 Å². The molecule has 1 aromatic heterocycles. The third kappa shape index (κ3) is 3.84. The van der Waals surface area contributed by atoms with Crippen LogP contribution >= 0.6 is 15.9 Å². The first-order chi connectivity index (χ1) is 11.5. The summed E-state index contributed by atoms with van der Waals surface area (Å²) in [7, 11) is 3.81. The molecule has 24 heavy (non-hydrogen) atoms. The van der Waals surface area contributed by atoms with Crippen molar-refractivity contribution < 1.29 is 9.53 Å². The van der Waals surface area contributed by atoms with Gasteiger partial charge in [-0.15, -0.1) is 0 Å². The average Bonchev–Trinajstić information content (AvgIpc) is 3.03. The van der Waals surface area contributed by atoms with Crippen LogP contribution in [0.3, 0.4) is 0 Å². The highest BCUT2D eigenvalue weighted by Crippen LogP contribution is 2.20. The number of carbonyl (C=O) groups is 1. The molecule has 0 radical (unpaired) electrons. The van der Waals surface area contributed by atoms with E-state index in [1.165, 1.54) is 0 Å². The topological polar surface area (TPSA) is 58.6 Å². The lowest BCUT2D eigenvalue weighted by Crippen LogP contribution is -2.31. The number of ether oxygens (including phenoxy) is 1. The van der Waals surface area contributed by atoms with Crippen LogP contribution in [0.4, 0.5) is 5.82 Å². The second-order valence-corrected chi connectivity index (χ2v) is 6.82. The molecule has 0 saturated carbocycles. The molecule has 0 spiro atoms. The molecule has 1 aliphatic rings. The Hall–Kier alpha value is -2.15. The van der Waals surface area contributed by atoms with E-state index in [-0.39, 0.29) is 12.0 Å². The number of likely N-dealkylation sites (tertiary alicyclic amines) is 1. The van der Waals surface area contributed by atoms with Gasteiger partial charge in [0.2, 0.25) is 5.88 Å². The fourth-order valence-corrected chi connectivity index (χ4v) is 2.99. The molecule has 1 amide bonds. The zero-order valence-corrected chi connectivity index (χ0v) is 15.2. The van der Waals surface area contributed by atoms with Crippen LogP contribution in [0, 0.1) is 0 Å². The summed E-state index contributed by atoms with van der Waals surface area (Å²) in [5.74, 6) is 1.26. The first-order valence-corrected chi connectivity index (χ1v) is 8.53. The maximum atomic E-state index is 12.6. The molecule has 1 fully saturated rings. The molecule has 1 aliphatic heterocycles. The summed E-state index contributed by atoms with van der Waals surface area (Å²) in [6.45, 7) is 1.23. The molecule has 1 aromatic carbocycles. The second-order valence-electron chi connectivity index (χ2n) is 5.90. The number of benzene rings is 1. The largest absolute Gasteiger partial charge is 0.471 e. The number of aromatic nitrogens is 2. The van der Waals surface area contributed by atoms with Crippen LogP contribution in [0.1, 0.15) is 16.8 Å². The minimum absolute atomic E-state index is 0.0236. The molecule has 1 atom stereocenters. The van der Waals surface area contributed by atoms with E-state index in [1.54, 1.807) is 12.4 Å². The maximum absolute atomic E-state index is 12.6. The van der Waals surface area contributed by atoms with Crippen LogP contribution in [0.5, 0.6) is 5.88 Å². The Morgan fingerprint density at radius 3 is 2.96 bits per heavy atom. The van der Waals surface area contributed by atoms with Gasteiger partial charge in [0.05, 0.1) is 18.9 Å². The smallest absolute Gasteiger partial charge is 0.254 e. The predicted octanol–water partition coefficient (Wildman–Crippen LogP) is 2.60. The number of hydrogen-bond acceptors (Lipinski definition) is 5. The van der Waals surface area contributed by atoms with Gasteiger partial charge in [-0.25, -0.2) is 0 Å². The van der Waals surface area contributed by atoms with Crippen molar-refractivity contribution in [1.29, 1.82) is 0 Å². The van der Waals surface area contributed by atoms with E-state index >= 15 is 0 Å². The second kappa shape index (κ2) is 7.17. The van der Waals surface area contributed by atoms with Crippen LogP contribution < -0.4 is 9.64 Å². The van der Waals surface area contributed by atoms with Crippen molar-refractivity contribution in [2.24, 2.45) is 0 Å². The van der Waals surface area contributed by atoms with Gasteiger partial charge in [0.15, 0.2) is 5.82 Å². The molecule has 7 heteroatoms. The number of carbonyl (C=O) groups excluding carboxylic acids is 1. The number of halogens is 1. The lowest BCUT2D eigenvalue weighted by atomic mass is 10.2. The molecule has 1 unspecified atom stereocenters. The Morgan fingerprint density at radius 1 is 1.38 bits per heavy atom. The van der Waals surface area contributed by atoms with E-state index in [1.807, 2.05) is 48.2 Å². The zero-order chi connectivity index (χ0) is 17.1. The van der Waals surface area contributed by atoms with Crippen LogP contribution in [0.15, 0.2) is 41.1 Å². The monoisotopic (exact) mass is 390 g/mol. The molecule has 2 aromatic rings. The molecule has 0 bridgehead atoms. The summed E-state index contributed by atoms with van der Waals surface area (Å²) < 4.78 is 6.80. The van der Waals surface area contributed by atoms with E-state index in [0.29, 0.717) is 24.5 Å². The molecule has 0 N–H and O–H groups in total. The molecule has 1 saturated heterocycles. The number of rotatable bonds is 4. The summed E-state index contributed by atoms with van der Waals surface area (Å²) >= 11 is 3.40. The number of nitrogens with zero attached hydrogens (tertiary/aromatic N) is 4. The Kier molecular flexibility index (Phi) is 4.99. The SMILES string of the molecule is CN(C)c1cncc(OC2CCN(C(=O)c3cccc(Br)c3)C2)n1. The van der Waals surface area contributed by atoms with Crippen molar-refractivity contribution in [3.05, 3.63) is 46.7 Å². The molecular weight excluding hydrogens is 372 g/mol. The molecule has 6 nitrogen and oxygen atoms in total. The first-order valence-electron chi connectivity index (χ1n) is 7.74. The van der Waals surface area contributed by atoms with Crippen LogP contribution in [-0.4, -0.2) is 54.1 Å². The molecule has 3 rings (SSSR count). The van der Waals surface area contributed by atoms with Gasteiger partial charge in [0, 0.05) is 37.1 Å². The molecular formula is C17H19BrN4O2. The number of anilines is 1. The van der Waals surface area contributed by atoms with Gasteiger partial charge in [-0.05, 0) is 18.2 Å². The van der Waals surface area contributed by atoms with Crippen LogP contribution in [-0.2, 0) is 0 Å². The lowest BCUT2D eigenvalue weighted by Gasteiger charge is -2.18. The number of amides is 1. The fraction of sp³-hybridized carbons (Fsp3) is 0.353. The maximum Gasteiger partial charge on any atom is 0.254 e. The highest BCUT2D eigenvalue weighted by molar-refractivity contribution is 9.10. The Morgan fingerprint density at radius 2 is 2.21 bits per heavy atom. The van der Waals surface area contributed by atoms with Gasteiger partial charge >= 0.3 is 0 Å². The quantitative estimate of drug-likeness (QED) is 0.802. The summed E-state index contributed by atoms with van der Waals surface area (Å²) in [6.07, 6.45) is 4.01. The van der Waals surface area contributed by atoms with E-state index in [4.69, 9.17) is 4.74 Å². The van der Waals surface area contributed by atoms with Crippen LogP contribution in [0.2, 0.25) is 0 Å². The summed E-state index contributed by atoms with van der Waals surface area (Å²) in [6, 6.07) is 7.43. The van der Waals surface area contributed by atoms with Gasteiger partial charge < -0.3 is 14.5 Å². The first kappa shape index (κ1) is 16.7. The Balaban J connectivity index is 1.63. The van der Waals surface area contributed by atoms with E-state index in [2.05, 4.69) is 25.9 Å². The minimum atomic E-state index is -0.0622. The molecule has 2 heterocycles. The predicted molar refractivity (Wildman–Crippen MR) is 95.4 cm³/mol. The number of hydrogen-bond donors (Lipinski definition) is 0. The van der Waals surface area contributed by atoms with Gasteiger partial charge in [0.25, 0.3) is 5.91 Å². The normalized spacial score (nSPS) is 17.0. The molecule has 0 aliphatic carbocycles. The minimum Gasteiger partial charge on any atom is -0.471 e. The van der Waals surface area contributed by atoms with E-state index < -0.39 is 0 Å². The van der Waals surface area contributed by atoms with Crippen molar-refractivity contribution in [2.75, 3.05) is 32.1 Å². The fourth-order valence-electron chi connectivity index (χ4n) is 2.59. The van der Waals surface area contributed by atoms with Crippen molar-refractivity contribution in [2.45, 2.75) is 12.5 Å². The van der Waals surface area contributed by atoms with Crippen LogP contribution in [0.25, 0.3) is 0 Å². The Labute approximate surface area is 149 Å².